The van der Waals surface area contributed by atoms with E-state index in [1.165, 1.54) is 17.7 Å². The molecule has 1 aromatic rings. The molecule has 1 aromatic carbocycles. The van der Waals surface area contributed by atoms with Crippen LogP contribution >= 0.6 is 15.9 Å². The highest BCUT2D eigenvalue weighted by molar-refractivity contribution is 9.10. The average Bonchev–Trinajstić information content (AvgIpc) is 2.43. The zero-order chi connectivity index (χ0) is 13.9. The largest absolute Gasteiger partial charge is 0.497 e. The Bertz CT molecular complexity index is 446. The summed E-state index contributed by atoms with van der Waals surface area (Å²) in [6.07, 6.45) is 1.94. The van der Waals surface area contributed by atoms with Crippen molar-refractivity contribution in [3.63, 3.8) is 0 Å². The van der Waals surface area contributed by atoms with Gasteiger partial charge in [0.05, 0.1) is 20.0 Å². The molecule has 2 atom stereocenters. The number of hydrogen-bond acceptors (Lipinski definition) is 2. The van der Waals surface area contributed by atoms with Crippen LogP contribution in [0.1, 0.15) is 19.8 Å². The van der Waals surface area contributed by atoms with Crippen molar-refractivity contribution < 1.29 is 9.53 Å². The monoisotopic (exact) mass is 340 g/mol. The van der Waals surface area contributed by atoms with Crippen molar-refractivity contribution in [1.29, 1.82) is 0 Å². The molecule has 1 aliphatic rings. The van der Waals surface area contributed by atoms with Gasteiger partial charge in [0.25, 0.3) is 0 Å². The number of ether oxygens (including phenoxy) is 1. The molecule has 0 amide bonds. The normalized spacial score (nSPS) is 27.3. The molecule has 1 aliphatic heterocycles. The molecule has 1 heterocycles. The number of hydrogen-bond donors (Lipinski definition) is 0. The molecular weight excluding hydrogens is 320 g/mol. The van der Waals surface area contributed by atoms with E-state index in [0.717, 1.165) is 24.3 Å². The molecule has 4 heteroatoms. The molecule has 2 rings (SSSR count). The van der Waals surface area contributed by atoms with Crippen molar-refractivity contribution in [3.8, 4) is 5.75 Å². The topological polar surface area (TPSA) is 26.3 Å². The molecular formula is C15H21BrO2Si. The first-order chi connectivity index (χ1) is 9.11. The van der Waals surface area contributed by atoms with Crippen molar-refractivity contribution in [3.05, 3.63) is 24.3 Å². The third-order valence-electron chi connectivity index (χ3n) is 4.20. The minimum Gasteiger partial charge on any atom is -0.497 e. The first-order valence-corrected chi connectivity index (χ1v) is 10.5. The second kappa shape index (κ2) is 6.22. The zero-order valence-electron chi connectivity index (χ0n) is 11.6. The van der Waals surface area contributed by atoms with Gasteiger partial charge in [0, 0.05) is 6.42 Å². The molecule has 1 fully saturated rings. The molecule has 104 valence electrons. The van der Waals surface area contributed by atoms with Gasteiger partial charge in [0.2, 0.25) is 0 Å². The molecule has 0 aromatic heterocycles. The Morgan fingerprint density at radius 1 is 1.37 bits per heavy atom. The Balaban J connectivity index is 2.30. The fraction of sp³-hybridized carbons (Fsp3) is 0.533. The molecule has 0 radical (unpaired) electrons. The Kier molecular flexibility index (Phi) is 4.85. The number of ketones is 1. The highest BCUT2D eigenvalue weighted by Gasteiger charge is 2.41. The van der Waals surface area contributed by atoms with Gasteiger partial charge in [-0.2, -0.15) is 0 Å². The van der Waals surface area contributed by atoms with Gasteiger partial charge in [0.1, 0.15) is 11.5 Å². The number of carbonyl (C=O) groups excluding carboxylic acids is 1. The van der Waals surface area contributed by atoms with Crippen LogP contribution in [0.2, 0.25) is 18.1 Å². The lowest BCUT2D eigenvalue weighted by Crippen LogP contribution is -2.53. The SMILES string of the molecule is CCC[Si]1(c2ccc(OC)cc2)CCC(=O)C(Br)C1. The van der Waals surface area contributed by atoms with Crippen LogP contribution in [0, 0.1) is 0 Å². The minimum atomic E-state index is -1.52. The van der Waals surface area contributed by atoms with Crippen molar-refractivity contribution in [2.24, 2.45) is 0 Å². The molecule has 0 spiro atoms. The number of rotatable bonds is 4. The molecule has 2 unspecified atom stereocenters. The summed E-state index contributed by atoms with van der Waals surface area (Å²) in [6.45, 7) is 2.25. The Labute approximate surface area is 124 Å². The zero-order valence-corrected chi connectivity index (χ0v) is 14.2. The maximum absolute atomic E-state index is 11.8. The highest BCUT2D eigenvalue weighted by atomic mass is 79.9. The summed E-state index contributed by atoms with van der Waals surface area (Å²) in [7, 11) is 0.174. The average molecular weight is 341 g/mol. The highest BCUT2D eigenvalue weighted by Crippen LogP contribution is 2.34. The lowest BCUT2D eigenvalue weighted by atomic mass is 10.2. The molecule has 0 saturated carbocycles. The van der Waals surface area contributed by atoms with Gasteiger partial charge in [-0.1, -0.05) is 52.6 Å². The molecule has 2 nitrogen and oxygen atoms in total. The third-order valence-corrected chi connectivity index (χ3v) is 11.0. The van der Waals surface area contributed by atoms with Gasteiger partial charge in [0.15, 0.2) is 0 Å². The summed E-state index contributed by atoms with van der Waals surface area (Å²) >= 11 is 3.59. The van der Waals surface area contributed by atoms with Crippen LogP contribution in [-0.4, -0.2) is 25.8 Å². The van der Waals surface area contributed by atoms with Gasteiger partial charge in [-0.3, -0.25) is 4.79 Å². The van der Waals surface area contributed by atoms with E-state index in [-0.39, 0.29) is 4.83 Å². The van der Waals surface area contributed by atoms with Crippen LogP contribution in [0.5, 0.6) is 5.75 Å². The number of Topliss-reactive ketones (excluding diaryl/α,β-unsaturated/α-hetero) is 1. The van der Waals surface area contributed by atoms with Crippen molar-refractivity contribution in [2.75, 3.05) is 7.11 Å². The second-order valence-electron chi connectivity index (χ2n) is 5.40. The van der Waals surface area contributed by atoms with E-state index in [4.69, 9.17) is 4.74 Å². The second-order valence-corrected chi connectivity index (χ2v) is 11.0. The standard InChI is InChI=1S/C15H21BrO2Si/c1-3-9-19(10-8-15(17)14(16)11-19)13-6-4-12(18-2)5-7-13/h4-7,14H,3,8-11H2,1-2H3. The molecule has 0 aliphatic carbocycles. The van der Waals surface area contributed by atoms with E-state index in [9.17, 15) is 4.79 Å². The number of halogens is 1. The number of methoxy groups -OCH3 is 1. The van der Waals surface area contributed by atoms with Crippen LogP contribution in [0.4, 0.5) is 0 Å². The number of alkyl halides is 1. The van der Waals surface area contributed by atoms with Gasteiger partial charge in [-0.05, 0) is 24.2 Å². The van der Waals surface area contributed by atoms with Crippen LogP contribution < -0.4 is 9.92 Å². The molecule has 1 saturated heterocycles. The summed E-state index contributed by atoms with van der Waals surface area (Å²) < 4.78 is 5.24. The van der Waals surface area contributed by atoms with Crippen LogP contribution in [-0.2, 0) is 4.79 Å². The lowest BCUT2D eigenvalue weighted by molar-refractivity contribution is -0.118. The van der Waals surface area contributed by atoms with E-state index in [1.54, 1.807) is 7.11 Å². The van der Waals surface area contributed by atoms with Gasteiger partial charge in [-0.15, -0.1) is 0 Å². The van der Waals surface area contributed by atoms with Crippen molar-refractivity contribution in [2.45, 2.75) is 42.7 Å². The predicted octanol–water partition coefficient (Wildman–Crippen LogP) is 3.50. The van der Waals surface area contributed by atoms with Gasteiger partial charge in [-0.25, -0.2) is 0 Å². The first kappa shape index (κ1) is 14.8. The molecule has 0 bridgehead atoms. The van der Waals surface area contributed by atoms with E-state index < -0.39 is 8.07 Å². The quantitative estimate of drug-likeness (QED) is 0.619. The third kappa shape index (κ3) is 3.11. The minimum absolute atomic E-state index is 0.0709. The van der Waals surface area contributed by atoms with Gasteiger partial charge < -0.3 is 4.74 Å². The summed E-state index contributed by atoms with van der Waals surface area (Å²) in [5.41, 5.74) is 0. The molecule has 0 N–H and O–H groups in total. The first-order valence-electron chi connectivity index (χ1n) is 6.92. The summed E-state index contributed by atoms with van der Waals surface area (Å²) in [5, 5.41) is 1.48. The van der Waals surface area contributed by atoms with E-state index in [0.29, 0.717) is 5.78 Å². The smallest absolute Gasteiger partial charge is 0.145 e. The van der Waals surface area contributed by atoms with Crippen LogP contribution in [0.25, 0.3) is 0 Å². The number of benzene rings is 1. The van der Waals surface area contributed by atoms with E-state index in [1.807, 2.05) is 0 Å². The summed E-state index contributed by atoms with van der Waals surface area (Å²) in [4.78, 5) is 11.8. The Hall–Kier alpha value is -0.613. The maximum atomic E-state index is 11.8. The Morgan fingerprint density at radius 2 is 2.05 bits per heavy atom. The maximum Gasteiger partial charge on any atom is 0.145 e. The van der Waals surface area contributed by atoms with E-state index >= 15 is 0 Å². The summed E-state index contributed by atoms with van der Waals surface area (Å²) in [5.74, 6) is 1.29. The van der Waals surface area contributed by atoms with Crippen LogP contribution in [0.15, 0.2) is 24.3 Å². The van der Waals surface area contributed by atoms with Crippen molar-refractivity contribution >= 4 is 35.0 Å². The molecule has 19 heavy (non-hydrogen) atoms. The number of carbonyl (C=O) groups is 1. The fourth-order valence-electron chi connectivity index (χ4n) is 3.13. The van der Waals surface area contributed by atoms with E-state index in [2.05, 4.69) is 47.1 Å². The fourth-order valence-corrected chi connectivity index (χ4v) is 10.2. The van der Waals surface area contributed by atoms with Crippen LogP contribution in [0.3, 0.4) is 0 Å². The van der Waals surface area contributed by atoms with Crippen molar-refractivity contribution in [1.82, 2.24) is 0 Å². The Morgan fingerprint density at radius 3 is 2.58 bits per heavy atom. The lowest BCUT2D eigenvalue weighted by Gasteiger charge is -2.37. The predicted molar refractivity (Wildman–Crippen MR) is 85.4 cm³/mol. The summed E-state index contributed by atoms with van der Waals surface area (Å²) in [6, 6.07) is 12.0. The van der Waals surface area contributed by atoms with Gasteiger partial charge >= 0.3 is 0 Å².